The fourth-order valence-electron chi connectivity index (χ4n) is 6.60. The summed E-state index contributed by atoms with van der Waals surface area (Å²) in [5.74, 6) is -8.95. The van der Waals surface area contributed by atoms with Crippen LogP contribution in [-0.4, -0.2) is 81.8 Å². The highest BCUT2D eigenvalue weighted by Crippen LogP contribution is 2.49. The Bertz CT molecular complexity index is 1530. The number of fused-ring (bicyclic) bond motifs is 1. The summed E-state index contributed by atoms with van der Waals surface area (Å²) in [6, 6.07) is 3.01. The van der Waals surface area contributed by atoms with E-state index in [-0.39, 0.29) is 17.6 Å². The van der Waals surface area contributed by atoms with Gasteiger partial charge in [-0.15, -0.1) is 0 Å². The van der Waals surface area contributed by atoms with E-state index in [4.69, 9.17) is 23.7 Å². The number of hydrogen-bond acceptors (Lipinski definition) is 13. The van der Waals surface area contributed by atoms with E-state index in [1.807, 2.05) is 0 Å². The molecule has 0 unspecified atom stereocenters. The molecule has 2 aliphatic rings. The maximum absolute atomic E-state index is 14.4. The average molecular weight is 714 g/mol. The molecule has 0 spiro atoms. The van der Waals surface area contributed by atoms with E-state index in [1.165, 1.54) is 30.6 Å². The number of esters is 5. The highest BCUT2D eigenvalue weighted by Gasteiger charge is 2.63. The molecule has 9 atom stereocenters. The van der Waals surface area contributed by atoms with Crippen LogP contribution in [-0.2, 0) is 47.7 Å². The molecule has 1 aromatic rings. The number of Topliss-reactive ketones (excluding diaryl/α,β-unsaturated/α-hetero) is 1. The first kappa shape index (κ1) is 41.0. The summed E-state index contributed by atoms with van der Waals surface area (Å²) >= 11 is 0. The number of hydrogen-bond donors (Lipinski definition) is 1. The number of carbonyl (C=O) groups is 6. The SMILES string of the molecule is C=C1[C@H](OC(=O)C(C)C)[C@@H](OC(C)=O)[C@@H](OC(=O)c2cccnc2)C(C)(C)/C=C\[C@@H](C)C(=O)[C@@]2(O)C[C@H](C)[C@H](OC(=O)C(C)C)[C@@H]2[C@H]1OC(C)=O. The Morgan fingerprint density at radius 1 is 0.882 bits per heavy atom. The summed E-state index contributed by atoms with van der Waals surface area (Å²) in [5.41, 5.74) is -3.64. The van der Waals surface area contributed by atoms with Gasteiger partial charge in [0, 0.05) is 43.1 Å². The predicted molar refractivity (Wildman–Crippen MR) is 182 cm³/mol. The smallest absolute Gasteiger partial charge is 0.340 e. The molecular weight excluding hydrogens is 662 g/mol. The van der Waals surface area contributed by atoms with Crippen molar-refractivity contribution in [1.29, 1.82) is 0 Å². The molecule has 1 aromatic heterocycles. The largest absolute Gasteiger partial charge is 0.461 e. The molecule has 0 bridgehead atoms. The first-order chi connectivity index (χ1) is 23.6. The van der Waals surface area contributed by atoms with Crippen LogP contribution in [0.2, 0.25) is 0 Å². The summed E-state index contributed by atoms with van der Waals surface area (Å²) in [4.78, 5) is 84.1. The number of aromatic nitrogens is 1. The number of carbonyl (C=O) groups excluding carboxylic acids is 6. The number of pyridine rings is 1. The lowest BCUT2D eigenvalue weighted by Crippen LogP contribution is -2.58. The van der Waals surface area contributed by atoms with Crippen molar-refractivity contribution in [2.75, 3.05) is 0 Å². The van der Waals surface area contributed by atoms with Gasteiger partial charge in [-0.3, -0.25) is 29.0 Å². The van der Waals surface area contributed by atoms with Crippen LogP contribution in [0, 0.1) is 35.0 Å². The minimum atomic E-state index is -2.24. The number of aliphatic hydroxyl groups is 1. The molecule has 0 radical (unpaired) electrons. The second-order valence-corrected chi connectivity index (χ2v) is 14.8. The summed E-state index contributed by atoms with van der Waals surface area (Å²) in [5, 5.41) is 12.4. The maximum Gasteiger partial charge on any atom is 0.340 e. The lowest BCUT2D eigenvalue weighted by atomic mass is 9.72. The second kappa shape index (κ2) is 16.3. The van der Waals surface area contributed by atoms with Gasteiger partial charge < -0.3 is 28.8 Å². The zero-order valence-corrected chi connectivity index (χ0v) is 31.0. The van der Waals surface area contributed by atoms with Crippen molar-refractivity contribution < 1.29 is 57.6 Å². The Hall–Kier alpha value is -4.39. The van der Waals surface area contributed by atoms with Crippen molar-refractivity contribution in [3.8, 4) is 0 Å². The average Bonchev–Trinajstić information content (AvgIpc) is 3.30. The predicted octanol–water partition coefficient (Wildman–Crippen LogP) is 4.35. The molecule has 13 nitrogen and oxygen atoms in total. The zero-order valence-electron chi connectivity index (χ0n) is 31.0. The molecule has 0 aliphatic heterocycles. The maximum atomic E-state index is 14.4. The third kappa shape index (κ3) is 9.29. The van der Waals surface area contributed by atoms with E-state index in [1.54, 1.807) is 61.5 Å². The highest BCUT2D eigenvalue weighted by atomic mass is 16.6. The molecule has 51 heavy (non-hydrogen) atoms. The lowest BCUT2D eigenvalue weighted by Gasteiger charge is -2.44. The van der Waals surface area contributed by atoms with Gasteiger partial charge in [0.15, 0.2) is 24.1 Å². The summed E-state index contributed by atoms with van der Waals surface area (Å²) < 4.78 is 29.7. The Labute approximate surface area is 299 Å². The van der Waals surface area contributed by atoms with E-state index in [0.29, 0.717) is 0 Å². The third-order valence-electron chi connectivity index (χ3n) is 9.31. The number of nitrogens with zero attached hydrogens (tertiary/aromatic N) is 1. The van der Waals surface area contributed by atoms with Gasteiger partial charge in [0.2, 0.25) is 0 Å². The van der Waals surface area contributed by atoms with E-state index in [0.717, 1.165) is 13.8 Å². The summed E-state index contributed by atoms with van der Waals surface area (Å²) in [6.45, 7) is 19.4. The molecule has 0 amide bonds. The Morgan fingerprint density at radius 2 is 1.47 bits per heavy atom. The fraction of sp³-hybridized carbons (Fsp3) is 0.605. The fourth-order valence-corrected chi connectivity index (χ4v) is 6.60. The van der Waals surface area contributed by atoms with Gasteiger partial charge in [0.1, 0.15) is 17.8 Å². The number of ether oxygens (including phenoxy) is 5. The van der Waals surface area contributed by atoms with E-state index < -0.39 is 107 Å². The van der Waals surface area contributed by atoms with Crippen molar-refractivity contribution >= 4 is 35.6 Å². The molecule has 1 saturated carbocycles. The van der Waals surface area contributed by atoms with Crippen LogP contribution in [0.15, 0.2) is 48.8 Å². The van der Waals surface area contributed by atoms with Gasteiger partial charge >= 0.3 is 29.8 Å². The molecule has 1 N–H and O–H groups in total. The van der Waals surface area contributed by atoms with Crippen molar-refractivity contribution in [2.24, 2.45) is 35.0 Å². The zero-order chi connectivity index (χ0) is 38.6. The van der Waals surface area contributed by atoms with Gasteiger partial charge in [0.05, 0.1) is 23.3 Å². The normalized spacial score (nSPS) is 31.4. The van der Waals surface area contributed by atoms with Crippen LogP contribution in [0.4, 0.5) is 0 Å². The Morgan fingerprint density at radius 3 is 2.00 bits per heavy atom. The third-order valence-corrected chi connectivity index (χ3v) is 9.31. The first-order valence-electron chi connectivity index (χ1n) is 17.1. The van der Waals surface area contributed by atoms with Gasteiger partial charge in [-0.1, -0.05) is 74.1 Å². The Balaban J connectivity index is 2.43. The van der Waals surface area contributed by atoms with E-state index >= 15 is 0 Å². The molecule has 3 rings (SSSR count). The van der Waals surface area contributed by atoms with Crippen LogP contribution in [0.1, 0.15) is 86.0 Å². The van der Waals surface area contributed by atoms with Crippen molar-refractivity contribution in [2.45, 2.75) is 112 Å². The highest BCUT2D eigenvalue weighted by molar-refractivity contribution is 5.92. The summed E-state index contributed by atoms with van der Waals surface area (Å²) in [7, 11) is 0. The molecule has 280 valence electrons. The minimum absolute atomic E-state index is 0.0701. The van der Waals surface area contributed by atoms with Gasteiger partial charge in [-0.05, 0) is 24.5 Å². The minimum Gasteiger partial charge on any atom is -0.461 e. The molecule has 2 aliphatic carbocycles. The summed E-state index contributed by atoms with van der Waals surface area (Å²) in [6.07, 6.45) is -1.87. The van der Waals surface area contributed by atoms with Gasteiger partial charge in [-0.25, -0.2) is 4.79 Å². The van der Waals surface area contributed by atoms with Crippen LogP contribution in [0.3, 0.4) is 0 Å². The number of rotatable bonds is 8. The number of allylic oxidation sites excluding steroid dienone is 1. The molecule has 0 aromatic carbocycles. The van der Waals surface area contributed by atoms with Crippen LogP contribution >= 0.6 is 0 Å². The van der Waals surface area contributed by atoms with E-state index in [9.17, 15) is 33.9 Å². The monoisotopic (exact) mass is 713 g/mol. The quantitative estimate of drug-likeness (QED) is 0.228. The molecule has 0 saturated heterocycles. The van der Waals surface area contributed by atoms with Gasteiger partial charge in [-0.2, -0.15) is 0 Å². The van der Waals surface area contributed by atoms with Crippen molar-refractivity contribution in [3.05, 3.63) is 54.4 Å². The lowest BCUT2D eigenvalue weighted by molar-refractivity contribution is -0.186. The standard InChI is InChI=1S/C38H51NO12/c1-19(2)34(43)49-28-22(6)17-38(46)27(28)29(47-24(8)40)23(7)30(50-35(44)20(3)4)31(48-25(9)41)33(37(10,11)15-14-21(5)32(38)42)51-36(45)26-13-12-16-39-18-26/h12-16,18-22,27-31,33,46H,7,17H2,1-6,8-11H3/b15-14-/t21-,22+,27-,28+,29+,30+,31-,33-,38-/m1/s1. The molecule has 13 heteroatoms. The second-order valence-electron chi connectivity index (χ2n) is 14.8. The molecule has 1 fully saturated rings. The van der Waals surface area contributed by atoms with Crippen LogP contribution in [0.5, 0.6) is 0 Å². The van der Waals surface area contributed by atoms with Crippen molar-refractivity contribution in [3.63, 3.8) is 0 Å². The number of ketones is 1. The van der Waals surface area contributed by atoms with Crippen LogP contribution in [0.25, 0.3) is 0 Å². The van der Waals surface area contributed by atoms with Crippen LogP contribution < -0.4 is 0 Å². The van der Waals surface area contributed by atoms with E-state index in [2.05, 4.69) is 11.6 Å². The molecule has 1 heterocycles. The first-order valence-corrected chi connectivity index (χ1v) is 17.1. The van der Waals surface area contributed by atoms with Gasteiger partial charge in [0.25, 0.3) is 0 Å². The molecular formula is C38H51NO12. The Kier molecular flexibility index (Phi) is 13.1. The topological polar surface area (TPSA) is 182 Å². The van der Waals surface area contributed by atoms with Crippen molar-refractivity contribution in [1.82, 2.24) is 4.98 Å².